The van der Waals surface area contributed by atoms with Crippen molar-refractivity contribution < 1.29 is 38.7 Å². The molecule has 1 saturated carbocycles. The lowest BCUT2D eigenvalue weighted by atomic mass is 9.57. The molecule has 9 nitrogen and oxygen atoms in total. The lowest BCUT2D eigenvalue weighted by Crippen LogP contribution is -2.57. The SMILES string of the molecule is CO[C@H]1C[C@H]2C=C[C@H]3[C@@H]4O[C@@]2(C(C)=C[C@@H](C)[C@@H]([C@@H](C)O)OC1=O)[C@@H]3[C@H](O)[C@@H](C)[C@H]4OC(=O)c1ccc[nH]1. The highest BCUT2D eigenvalue weighted by Crippen LogP contribution is 2.61. The number of hydrogen-bond acceptors (Lipinski definition) is 8. The van der Waals surface area contributed by atoms with Gasteiger partial charge in [-0.05, 0) is 38.0 Å². The van der Waals surface area contributed by atoms with Crippen molar-refractivity contribution in [1.82, 2.24) is 4.98 Å². The van der Waals surface area contributed by atoms with Gasteiger partial charge in [0.2, 0.25) is 0 Å². The van der Waals surface area contributed by atoms with Gasteiger partial charge in [-0.25, -0.2) is 9.59 Å². The third-order valence-electron chi connectivity index (χ3n) is 8.94. The number of aliphatic hydroxyl groups excluding tert-OH is 2. The molecule has 2 aliphatic heterocycles. The minimum atomic E-state index is -0.933. The molecule has 4 aliphatic rings. The Hall–Kier alpha value is -2.46. The van der Waals surface area contributed by atoms with Crippen LogP contribution in [-0.4, -0.2) is 76.5 Å². The van der Waals surface area contributed by atoms with E-state index in [-0.39, 0.29) is 36.0 Å². The van der Waals surface area contributed by atoms with Crippen molar-refractivity contribution >= 4 is 11.9 Å². The molecule has 9 heteroatoms. The summed E-state index contributed by atoms with van der Waals surface area (Å²) in [6.45, 7) is 7.35. The van der Waals surface area contributed by atoms with Crippen LogP contribution in [-0.2, 0) is 23.7 Å². The molecule has 12 atom stereocenters. The fourth-order valence-electron chi connectivity index (χ4n) is 7.14. The van der Waals surface area contributed by atoms with Crippen molar-refractivity contribution in [1.29, 1.82) is 0 Å². The molecule has 4 bridgehead atoms. The van der Waals surface area contributed by atoms with Crippen LogP contribution < -0.4 is 0 Å². The summed E-state index contributed by atoms with van der Waals surface area (Å²) in [7, 11) is 1.46. The molecule has 0 unspecified atom stereocenters. The summed E-state index contributed by atoms with van der Waals surface area (Å²) in [5, 5.41) is 22.1. The van der Waals surface area contributed by atoms with Crippen molar-refractivity contribution in [3.63, 3.8) is 0 Å². The van der Waals surface area contributed by atoms with E-state index < -0.39 is 54.2 Å². The molecule has 1 spiro atoms. The largest absolute Gasteiger partial charge is 0.457 e. The monoisotopic (exact) mass is 515 g/mol. The van der Waals surface area contributed by atoms with Gasteiger partial charge in [0.05, 0.1) is 12.2 Å². The number of carbonyl (C=O) groups is 2. The van der Waals surface area contributed by atoms with E-state index in [9.17, 15) is 19.8 Å². The number of ether oxygens (including phenoxy) is 4. The van der Waals surface area contributed by atoms with E-state index in [0.717, 1.165) is 5.57 Å². The zero-order chi connectivity index (χ0) is 26.6. The van der Waals surface area contributed by atoms with Crippen LogP contribution in [0.25, 0.3) is 0 Å². The maximum atomic E-state index is 13.1. The zero-order valence-electron chi connectivity index (χ0n) is 21.9. The fraction of sp³-hybridized carbons (Fsp3) is 0.643. The van der Waals surface area contributed by atoms with Crippen LogP contribution in [0.4, 0.5) is 0 Å². The number of H-pyrrole nitrogens is 1. The number of esters is 2. The molecule has 1 aromatic rings. The molecule has 2 aliphatic carbocycles. The third kappa shape index (κ3) is 4.07. The van der Waals surface area contributed by atoms with Gasteiger partial charge in [0.1, 0.15) is 29.6 Å². The normalized spacial score (nSPS) is 43.9. The molecule has 0 aromatic carbocycles. The van der Waals surface area contributed by atoms with Crippen LogP contribution in [0.5, 0.6) is 0 Å². The summed E-state index contributed by atoms with van der Waals surface area (Å²) in [5.41, 5.74) is 0.301. The lowest BCUT2D eigenvalue weighted by Gasteiger charge is -2.48. The fourth-order valence-corrected chi connectivity index (χ4v) is 7.14. The Morgan fingerprint density at radius 2 is 2.05 bits per heavy atom. The topological polar surface area (TPSA) is 127 Å². The van der Waals surface area contributed by atoms with Gasteiger partial charge in [-0.15, -0.1) is 0 Å². The van der Waals surface area contributed by atoms with Gasteiger partial charge in [-0.2, -0.15) is 0 Å². The van der Waals surface area contributed by atoms with Gasteiger partial charge in [0, 0.05) is 42.9 Å². The molecule has 1 saturated heterocycles. The molecule has 5 rings (SSSR count). The minimum Gasteiger partial charge on any atom is -0.457 e. The van der Waals surface area contributed by atoms with Crippen LogP contribution >= 0.6 is 0 Å². The number of cyclic esters (lactones) is 1. The number of hydrogen-bond donors (Lipinski definition) is 3. The number of rotatable bonds is 4. The summed E-state index contributed by atoms with van der Waals surface area (Å²) in [6, 6.07) is 3.37. The maximum Gasteiger partial charge on any atom is 0.355 e. The van der Waals surface area contributed by atoms with E-state index in [1.807, 2.05) is 39.0 Å². The molecule has 3 heterocycles. The minimum absolute atomic E-state index is 0.175. The molecule has 3 N–H and O–H groups in total. The van der Waals surface area contributed by atoms with Gasteiger partial charge in [-0.1, -0.05) is 32.1 Å². The van der Waals surface area contributed by atoms with Crippen molar-refractivity contribution in [2.75, 3.05) is 7.11 Å². The van der Waals surface area contributed by atoms with Crippen LogP contribution in [0.15, 0.2) is 42.1 Å². The van der Waals surface area contributed by atoms with Gasteiger partial charge in [0.25, 0.3) is 0 Å². The Kier molecular flexibility index (Phi) is 6.85. The van der Waals surface area contributed by atoms with Crippen molar-refractivity contribution in [3.8, 4) is 0 Å². The molecular formula is C28H37NO8. The Labute approximate surface area is 216 Å². The highest BCUT2D eigenvalue weighted by molar-refractivity contribution is 5.87. The van der Waals surface area contributed by atoms with E-state index in [0.29, 0.717) is 5.69 Å². The van der Waals surface area contributed by atoms with E-state index >= 15 is 0 Å². The zero-order valence-corrected chi connectivity index (χ0v) is 21.9. The van der Waals surface area contributed by atoms with Crippen LogP contribution in [0.2, 0.25) is 0 Å². The summed E-state index contributed by atoms with van der Waals surface area (Å²) < 4.78 is 24.2. The first kappa shape index (κ1) is 26.2. The third-order valence-corrected chi connectivity index (χ3v) is 8.94. The second-order valence-electron chi connectivity index (χ2n) is 11.1. The van der Waals surface area contributed by atoms with Crippen molar-refractivity contribution in [3.05, 3.63) is 47.8 Å². The van der Waals surface area contributed by atoms with E-state index in [1.54, 1.807) is 25.3 Å². The highest BCUT2D eigenvalue weighted by Gasteiger charge is 2.69. The van der Waals surface area contributed by atoms with Gasteiger partial charge >= 0.3 is 11.9 Å². The Bertz CT molecular complexity index is 1080. The summed E-state index contributed by atoms with van der Waals surface area (Å²) in [5.74, 6) is -2.49. The van der Waals surface area contributed by atoms with Crippen LogP contribution in [0.3, 0.4) is 0 Å². The quantitative estimate of drug-likeness (QED) is 0.412. The average Bonchev–Trinajstić information content (AvgIpc) is 3.46. The number of methoxy groups -OCH3 is 1. The van der Waals surface area contributed by atoms with E-state index in [1.165, 1.54) is 7.11 Å². The van der Waals surface area contributed by atoms with E-state index in [2.05, 4.69) is 4.98 Å². The van der Waals surface area contributed by atoms with Crippen molar-refractivity contribution in [2.24, 2.45) is 29.6 Å². The first-order valence-corrected chi connectivity index (χ1v) is 13.1. The first-order valence-electron chi connectivity index (χ1n) is 13.1. The molecule has 2 fully saturated rings. The second-order valence-corrected chi connectivity index (χ2v) is 11.1. The number of aliphatic hydroxyl groups is 2. The first-order chi connectivity index (χ1) is 17.6. The number of carbonyl (C=O) groups excluding carboxylic acids is 2. The molecule has 202 valence electrons. The van der Waals surface area contributed by atoms with E-state index in [4.69, 9.17) is 18.9 Å². The maximum absolute atomic E-state index is 13.1. The van der Waals surface area contributed by atoms with Crippen LogP contribution in [0.1, 0.15) is 44.6 Å². The Balaban J connectivity index is 1.58. The summed E-state index contributed by atoms with van der Waals surface area (Å²) in [6.07, 6.45) is 3.53. The molecule has 0 amide bonds. The number of aromatic nitrogens is 1. The standard InChI is InChI=1S/C28H37NO8/c1-13-11-14(2)28-17(12-20(34-5)27(33)35-23(13)16(4)30)8-9-18-21(28)22(31)15(3)24(25(18)37-28)36-26(32)19-7-6-10-29-19/h6-11,13,15-18,20-25,29-31H,12H2,1-5H3/t13-,15-,16-,17-,18-,20+,21+,22-,23+,24-,25+,28-/m1/s1. The Morgan fingerprint density at radius 3 is 2.70 bits per heavy atom. The Morgan fingerprint density at radius 1 is 1.30 bits per heavy atom. The van der Waals surface area contributed by atoms with Crippen molar-refractivity contribution in [2.45, 2.75) is 76.3 Å². The molecule has 0 radical (unpaired) electrons. The molecule has 1 aromatic heterocycles. The predicted octanol–water partition coefficient (Wildman–Crippen LogP) is 2.40. The van der Waals surface area contributed by atoms with Gasteiger partial charge in [-0.3, -0.25) is 0 Å². The highest BCUT2D eigenvalue weighted by atomic mass is 16.6. The lowest BCUT2D eigenvalue weighted by molar-refractivity contribution is -0.172. The smallest absolute Gasteiger partial charge is 0.355 e. The van der Waals surface area contributed by atoms with Crippen LogP contribution in [0, 0.1) is 29.6 Å². The molecule has 37 heavy (non-hydrogen) atoms. The van der Waals surface area contributed by atoms with Gasteiger partial charge in [0.15, 0.2) is 6.10 Å². The molecular weight excluding hydrogens is 478 g/mol. The second kappa shape index (κ2) is 9.69. The summed E-state index contributed by atoms with van der Waals surface area (Å²) >= 11 is 0. The average molecular weight is 516 g/mol. The van der Waals surface area contributed by atoms with Gasteiger partial charge < -0.3 is 34.1 Å². The number of aromatic amines is 1. The predicted molar refractivity (Wildman–Crippen MR) is 132 cm³/mol. The number of nitrogens with one attached hydrogen (secondary N) is 1. The summed E-state index contributed by atoms with van der Waals surface area (Å²) in [4.78, 5) is 28.8.